The number of nitrogens with zero attached hydrogens (tertiary/aromatic N) is 2. The van der Waals surface area contributed by atoms with Crippen molar-refractivity contribution < 1.29 is 9.53 Å². The highest BCUT2D eigenvalue weighted by molar-refractivity contribution is 5.93. The van der Waals surface area contributed by atoms with Crippen LogP contribution in [0.3, 0.4) is 0 Å². The number of aromatic nitrogens is 2. The number of nitrogens with one attached hydrogen (secondary N) is 2. The summed E-state index contributed by atoms with van der Waals surface area (Å²) in [5.41, 5.74) is 2.59. The Balaban J connectivity index is 1.60. The van der Waals surface area contributed by atoms with Gasteiger partial charge in [-0.2, -0.15) is 0 Å². The van der Waals surface area contributed by atoms with Crippen molar-refractivity contribution in [3.8, 4) is 5.75 Å². The van der Waals surface area contributed by atoms with Crippen molar-refractivity contribution in [2.75, 3.05) is 19.0 Å². The van der Waals surface area contributed by atoms with Crippen molar-refractivity contribution in [2.24, 2.45) is 0 Å². The van der Waals surface area contributed by atoms with E-state index in [0.717, 1.165) is 17.7 Å². The van der Waals surface area contributed by atoms with E-state index in [1.165, 1.54) is 5.56 Å². The van der Waals surface area contributed by atoms with Crippen LogP contribution in [0.2, 0.25) is 0 Å². The highest BCUT2D eigenvalue weighted by atomic mass is 16.5. The van der Waals surface area contributed by atoms with Gasteiger partial charge in [-0.05, 0) is 43.5 Å². The van der Waals surface area contributed by atoms with E-state index in [9.17, 15) is 4.79 Å². The molecular weight excluding hydrogens is 364 g/mol. The lowest BCUT2D eigenvalue weighted by atomic mass is 10.1. The molecule has 150 valence electrons. The molecule has 0 aliphatic carbocycles. The lowest BCUT2D eigenvalue weighted by Gasteiger charge is -2.14. The number of benzene rings is 2. The van der Waals surface area contributed by atoms with Gasteiger partial charge in [0.25, 0.3) is 5.91 Å². The molecule has 3 aromatic rings. The molecule has 0 saturated carbocycles. The zero-order valence-corrected chi connectivity index (χ0v) is 17.0. The molecule has 0 saturated heterocycles. The second-order valence-electron chi connectivity index (χ2n) is 6.82. The minimum absolute atomic E-state index is 0.106. The molecule has 2 aromatic carbocycles. The fourth-order valence-corrected chi connectivity index (χ4v) is 3.00. The third-order valence-electron chi connectivity index (χ3n) is 4.60. The molecule has 1 amide bonds. The van der Waals surface area contributed by atoms with Gasteiger partial charge in [0.2, 0.25) is 0 Å². The molecule has 1 atom stereocenters. The fraction of sp³-hybridized carbons (Fsp3) is 0.261. The molecular formula is C23H26N4O2. The van der Waals surface area contributed by atoms with E-state index in [1.54, 1.807) is 20.1 Å². The van der Waals surface area contributed by atoms with E-state index < -0.39 is 0 Å². The number of anilines is 1. The maximum Gasteiger partial charge on any atom is 0.270 e. The van der Waals surface area contributed by atoms with E-state index in [4.69, 9.17) is 4.74 Å². The van der Waals surface area contributed by atoms with Crippen LogP contribution >= 0.6 is 0 Å². The molecule has 0 fully saturated rings. The van der Waals surface area contributed by atoms with Gasteiger partial charge >= 0.3 is 0 Å². The van der Waals surface area contributed by atoms with Gasteiger partial charge in [0.1, 0.15) is 23.1 Å². The van der Waals surface area contributed by atoms with Crippen molar-refractivity contribution in [1.29, 1.82) is 0 Å². The highest BCUT2D eigenvalue weighted by Gasteiger charge is 2.14. The van der Waals surface area contributed by atoms with Crippen molar-refractivity contribution in [3.05, 3.63) is 83.3 Å². The molecule has 0 radical (unpaired) electrons. The molecule has 1 aromatic heterocycles. The zero-order chi connectivity index (χ0) is 20.6. The van der Waals surface area contributed by atoms with E-state index in [2.05, 4.69) is 20.6 Å². The van der Waals surface area contributed by atoms with E-state index >= 15 is 0 Å². The summed E-state index contributed by atoms with van der Waals surface area (Å²) in [6, 6.07) is 19.4. The van der Waals surface area contributed by atoms with Gasteiger partial charge < -0.3 is 15.4 Å². The van der Waals surface area contributed by atoms with Crippen molar-refractivity contribution >= 4 is 11.7 Å². The van der Waals surface area contributed by atoms with Gasteiger partial charge in [-0.15, -0.1) is 0 Å². The summed E-state index contributed by atoms with van der Waals surface area (Å²) in [5.74, 6) is 1.82. The van der Waals surface area contributed by atoms with Crippen LogP contribution in [0.4, 0.5) is 5.82 Å². The van der Waals surface area contributed by atoms with Crippen LogP contribution in [0, 0.1) is 6.92 Å². The molecule has 0 aliphatic rings. The molecule has 29 heavy (non-hydrogen) atoms. The third kappa shape index (κ3) is 5.78. The first-order chi connectivity index (χ1) is 14.0. The smallest absolute Gasteiger partial charge is 0.270 e. The monoisotopic (exact) mass is 390 g/mol. The topological polar surface area (TPSA) is 76.1 Å². The summed E-state index contributed by atoms with van der Waals surface area (Å²) in [5, 5.41) is 6.27. The van der Waals surface area contributed by atoms with Gasteiger partial charge in [-0.3, -0.25) is 4.79 Å². The van der Waals surface area contributed by atoms with Gasteiger partial charge in [0.15, 0.2) is 0 Å². The number of aryl methyl sites for hydroxylation is 1. The number of hydrogen-bond acceptors (Lipinski definition) is 5. The van der Waals surface area contributed by atoms with Crippen LogP contribution in [0.1, 0.15) is 40.4 Å². The first kappa shape index (κ1) is 20.3. The predicted octanol–water partition coefficient (Wildman–Crippen LogP) is 3.94. The van der Waals surface area contributed by atoms with Crippen LogP contribution in [0.5, 0.6) is 5.75 Å². The quantitative estimate of drug-likeness (QED) is 0.609. The Hall–Kier alpha value is -3.41. The fourth-order valence-electron chi connectivity index (χ4n) is 3.00. The van der Waals surface area contributed by atoms with Gasteiger partial charge in [-0.1, -0.05) is 42.5 Å². The first-order valence-corrected chi connectivity index (χ1v) is 9.63. The first-order valence-electron chi connectivity index (χ1n) is 9.63. The van der Waals surface area contributed by atoms with Crippen LogP contribution in [0.15, 0.2) is 60.7 Å². The Labute approximate surface area is 171 Å². The second kappa shape index (κ2) is 9.68. The molecule has 1 heterocycles. The summed E-state index contributed by atoms with van der Waals surface area (Å²) in [6.07, 6.45) is 0.833. The molecule has 2 N–H and O–H groups in total. The molecule has 0 spiro atoms. The molecule has 3 rings (SSSR count). The van der Waals surface area contributed by atoms with Crippen LogP contribution < -0.4 is 15.4 Å². The van der Waals surface area contributed by atoms with E-state index in [0.29, 0.717) is 23.9 Å². The predicted molar refractivity (Wildman–Crippen MR) is 114 cm³/mol. The number of amides is 1. The Morgan fingerprint density at radius 1 is 1.07 bits per heavy atom. The summed E-state index contributed by atoms with van der Waals surface area (Å²) < 4.78 is 5.18. The standard InChI is InChI=1S/C23H26N4O2/c1-16(19-7-5-4-6-8-19)25-23(28)21-15-22(27-17(2)26-21)24-14-13-18-9-11-20(29-3)12-10-18/h4-12,15-16H,13-14H2,1-3H3,(H,25,28)(H,24,26,27). The Kier molecular flexibility index (Phi) is 6.79. The van der Waals surface area contributed by atoms with Gasteiger partial charge in [0, 0.05) is 12.6 Å². The Bertz CT molecular complexity index is 943. The number of hydrogen-bond donors (Lipinski definition) is 2. The van der Waals surface area contributed by atoms with Gasteiger partial charge in [0.05, 0.1) is 13.2 Å². The molecule has 0 bridgehead atoms. The summed E-state index contributed by atoms with van der Waals surface area (Å²) in [4.78, 5) is 21.3. The van der Waals surface area contributed by atoms with E-state index in [-0.39, 0.29) is 11.9 Å². The van der Waals surface area contributed by atoms with Gasteiger partial charge in [-0.25, -0.2) is 9.97 Å². The summed E-state index contributed by atoms with van der Waals surface area (Å²) in [6.45, 7) is 4.44. The maximum atomic E-state index is 12.6. The highest BCUT2D eigenvalue weighted by Crippen LogP contribution is 2.14. The van der Waals surface area contributed by atoms with Crippen molar-refractivity contribution in [3.63, 3.8) is 0 Å². The average Bonchev–Trinajstić information content (AvgIpc) is 2.74. The lowest BCUT2D eigenvalue weighted by molar-refractivity contribution is 0.0934. The number of carbonyl (C=O) groups excluding carboxylic acids is 1. The molecule has 0 aliphatic heterocycles. The summed E-state index contributed by atoms with van der Waals surface area (Å²) >= 11 is 0. The minimum atomic E-state index is -0.218. The SMILES string of the molecule is COc1ccc(CCNc2cc(C(=O)NC(C)c3ccccc3)nc(C)n2)cc1. The minimum Gasteiger partial charge on any atom is -0.497 e. The normalized spacial score (nSPS) is 11.6. The number of carbonyl (C=O) groups is 1. The van der Waals surface area contributed by atoms with Crippen LogP contribution in [-0.2, 0) is 6.42 Å². The summed E-state index contributed by atoms with van der Waals surface area (Å²) in [7, 11) is 1.66. The Morgan fingerprint density at radius 3 is 2.48 bits per heavy atom. The maximum absolute atomic E-state index is 12.6. The molecule has 6 nitrogen and oxygen atoms in total. The molecule has 6 heteroatoms. The number of ether oxygens (including phenoxy) is 1. The zero-order valence-electron chi connectivity index (χ0n) is 17.0. The Morgan fingerprint density at radius 2 is 1.79 bits per heavy atom. The second-order valence-corrected chi connectivity index (χ2v) is 6.82. The van der Waals surface area contributed by atoms with Crippen molar-refractivity contribution in [2.45, 2.75) is 26.3 Å². The van der Waals surface area contributed by atoms with Crippen LogP contribution in [-0.4, -0.2) is 29.5 Å². The largest absolute Gasteiger partial charge is 0.497 e. The lowest BCUT2D eigenvalue weighted by Crippen LogP contribution is -2.28. The number of methoxy groups -OCH3 is 1. The molecule has 1 unspecified atom stereocenters. The number of rotatable bonds is 8. The van der Waals surface area contributed by atoms with Crippen molar-refractivity contribution in [1.82, 2.24) is 15.3 Å². The van der Waals surface area contributed by atoms with E-state index in [1.807, 2.05) is 61.5 Å². The van der Waals surface area contributed by atoms with Crippen LogP contribution in [0.25, 0.3) is 0 Å². The third-order valence-corrected chi connectivity index (χ3v) is 4.60. The average molecular weight is 390 g/mol.